The van der Waals surface area contributed by atoms with Crippen molar-refractivity contribution in [3.05, 3.63) is 71.6 Å². The second-order valence-electron chi connectivity index (χ2n) is 5.15. The largest absolute Gasteiger partial charge is 0.454 e. The van der Waals surface area contributed by atoms with Gasteiger partial charge in [-0.1, -0.05) is 30.3 Å². The third-order valence-corrected chi connectivity index (χ3v) is 3.15. The molecule has 0 bridgehead atoms. The molecule has 1 amide bonds. The van der Waals surface area contributed by atoms with E-state index in [1.165, 1.54) is 25.1 Å². The Morgan fingerprint density at radius 2 is 1.84 bits per heavy atom. The lowest BCUT2D eigenvalue weighted by Crippen LogP contribution is -2.14. The number of Topliss-reactive ketones (excluding diaryl/α,β-unsaturated/α-hetero) is 1. The average molecular weight is 341 g/mol. The lowest BCUT2D eigenvalue weighted by atomic mass is 10.1. The smallest absolute Gasteiger partial charge is 0.331 e. The minimum Gasteiger partial charge on any atom is -0.454 e. The molecule has 1 N–H and O–H groups in total. The molecule has 0 fully saturated rings. The lowest BCUT2D eigenvalue weighted by Gasteiger charge is -2.06. The van der Waals surface area contributed by atoms with E-state index in [9.17, 15) is 18.8 Å². The second-order valence-corrected chi connectivity index (χ2v) is 5.15. The molecule has 0 aliphatic rings. The molecule has 0 aliphatic heterocycles. The number of ketones is 1. The third kappa shape index (κ3) is 5.69. The van der Waals surface area contributed by atoms with E-state index in [1.807, 2.05) is 18.2 Å². The Kier molecular flexibility index (Phi) is 6.17. The van der Waals surface area contributed by atoms with Gasteiger partial charge in [0.2, 0.25) is 11.7 Å². The van der Waals surface area contributed by atoms with Crippen LogP contribution in [0.5, 0.6) is 0 Å². The van der Waals surface area contributed by atoms with Gasteiger partial charge in [-0.3, -0.25) is 9.59 Å². The molecule has 0 radical (unpaired) electrons. The quantitative estimate of drug-likeness (QED) is 0.497. The van der Waals surface area contributed by atoms with Crippen molar-refractivity contribution in [2.75, 3.05) is 11.9 Å². The first-order valence-corrected chi connectivity index (χ1v) is 7.46. The molecule has 2 rings (SSSR count). The molecule has 5 nitrogen and oxygen atoms in total. The third-order valence-electron chi connectivity index (χ3n) is 3.15. The molecule has 0 unspecified atom stereocenters. The van der Waals surface area contributed by atoms with Gasteiger partial charge >= 0.3 is 5.97 Å². The number of hydrogen-bond donors (Lipinski definition) is 1. The topological polar surface area (TPSA) is 72.5 Å². The molecule has 6 heteroatoms. The number of nitrogens with one attached hydrogen (secondary N) is 1. The normalized spacial score (nSPS) is 10.5. The fraction of sp³-hybridized carbons (Fsp3) is 0.105. The van der Waals surface area contributed by atoms with Crippen molar-refractivity contribution in [1.29, 1.82) is 0 Å². The van der Waals surface area contributed by atoms with Crippen LogP contribution < -0.4 is 5.32 Å². The van der Waals surface area contributed by atoms with Crippen LogP contribution in [-0.4, -0.2) is 24.3 Å². The predicted octanol–water partition coefficient (Wildman–Crippen LogP) is 3.22. The van der Waals surface area contributed by atoms with E-state index in [4.69, 9.17) is 4.74 Å². The van der Waals surface area contributed by atoms with E-state index in [1.54, 1.807) is 18.2 Å². The highest BCUT2D eigenvalue weighted by molar-refractivity contribution is 5.99. The maximum Gasteiger partial charge on any atom is 0.331 e. The molecule has 0 saturated carbocycles. The van der Waals surface area contributed by atoms with E-state index in [0.29, 0.717) is 0 Å². The number of amides is 1. The summed E-state index contributed by atoms with van der Waals surface area (Å²) in [4.78, 5) is 34.5. The number of hydrogen-bond acceptors (Lipinski definition) is 4. The Morgan fingerprint density at radius 1 is 1.12 bits per heavy atom. The van der Waals surface area contributed by atoms with Crippen LogP contribution in [-0.2, 0) is 14.3 Å². The first kappa shape index (κ1) is 18.1. The summed E-state index contributed by atoms with van der Waals surface area (Å²) in [6, 6.07) is 12.8. The number of benzene rings is 2. The van der Waals surface area contributed by atoms with Crippen LogP contribution in [0.25, 0.3) is 6.08 Å². The zero-order valence-corrected chi connectivity index (χ0v) is 13.5. The summed E-state index contributed by atoms with van der Waals surface area (Å²) in [6.45, 7) is 0.716. The highest BCUT2D eigenvalue weighted by atomic mass is 19.1. The standard InChI is InChI=1S/C19H16FNO4/c1-13(22)21-15-8-9-16(17(20)11-15)18(23)12-25-19(24)10-7-14-5-3-2-4-6-14/h2-11H,12H2,1H3,(H,21,22)/b10-7+. The Balaban J connectivity index is 1.92. The van der Waals surface area contributed by atoms with Crippen molar-refractivity contribution in [2.24, 2.45) is 0 Å². The van der Waals surface area contributed by atoms with Gasteiger partial charge in [0.05, 0.1) is 5.56 Å². The molecule has 0 atom stereocenters. The molecular weight excluding hydrogens is 325 g/mol. The van der Waals surface area contributed by atoms with Gasteiger partial charge in [0, 0.05) is 18.7 Å². The van der Waals surface area contributed by atoms with Crippen LogP contribution in [0, 0.1) is 5.82 Å². The zero-order valence-electron chi connectivity index (χ0n) is 13.5. The number of carbonyl (C=O) groups excluding carboxylic acids is 3. The predicted molar refractivity (Wildman–Crippen MR) is 91.5 cm³/mol. The van der Waals surface area contributed by atoms with Crippen LogP contribution >= 0.6 is 0 Å². The fourth-order valence-electron chi connectivity index (χ4n) is 2.01. The van der Waals surface area contributed by atoms with Crippen molar-refractivity contribution in [3.8, 4) is 0 Å². The van der Waals surface area contributed by atoms with Gasteiger partial charge in [0.1, 0.15) is 5.82 Å². The Bertz CT molecular complexity index is 815. The zero-order chi connectivity index (χ0) is 18.2. The van der Waals surface area contributed by atoms with Crippen LogP contribution in [0.3, 0.4) is 0 Å². The summed E-state index contributed by atoms with van der Waals surface area (Å²) < 4.78 is 18.7. The summed E-state index contributed by atoms with van der Waals surface area (Å²) in [5.41, 5.74) is 0.837. The number of esters is 1. The highest BCUT2D eigenvalue weighted by Crippen LogP contribution is 2.15. The molecule has 0 aromatic heterocycles. The second kappa shape index (κ2) is 8.54. The molecule has 0 saturated heterocycles. The summed E-state index contributed by atoms with van der Waals surface area (Å²) >= 11 is 0. The first-order valence-electron chi connectivity index (χ1n) is 7.46. The molecule has 25 heavy (non-hydrogen) atoms. The van der Waals surface area contributed by atoms with Gasteiger partial charge in [0.15, 0.2) is 6.61 Å². The molecule has 128 valence electrons. The maximum absolute atomic E-state index is 13.9. The Labute approximate surface area is 144 Å². The molecule has 0 aliphatic carbocycles. The van der Waals surface area contributed by atoms with E-state index in [-0.39, 0.29) is 17.2 Å². The van der Waals surface area contributed by atoms with E-state index < -0.39 is 24.2 Å². The van der Waals surface area contributed by atoms with Crippen LogP contribution in [0.1, 0.15) is 22.8 Å². The van der Waals surface area contributed by atoms with Crippen molar-refractivity contribution in [1.82, 2.24) is 0 Å². The summed E-state index contributed by atoms with van der Waals surface area (Å²) in [6.07, 6.45) is 2.74. The lowest BCUT2D eigenvalue weighted by molar-refractivity contribution is -0.136. The minimum atomic E-state index is -0.799. The van der Waals surface area contributed by atoms with Crippen molar-refractivity contribution in [3.63, 3.8) is 0 Å². The maximum atomic E-state index is 13.9. The summed E-state index contributed by atoms with van der Waals surface area (Å²) in [5, 5.41) is 2.41. The molecular formula is C19H16FNO4. The number of rotatable bonds is 6. The van der Waals surface area contributed by atoms with E-state index in [2.05, 4.69) is 5.32 Å². The van der Waals surface area contributed by atoms with Crippen molar-refractivity contribution in [2.45, 2.75) is 6.92 Å². The Hall–Kier alpha value is -3.28. The number of ether oxygens (including phenoxy) is 1. The van der Waals surface area contributed by atoms with Crippen LogP contribution in [0.15, 0.2) is 54.6 Å². The van der Waals surface area contributed by atoms with Gasteiger partial charge in [-0.15, -0.1) is 0 Å². The fourth-order valence-corrected chi connectivity index (χ4v) is 2.01. The monoisotopic (exact) mass is 341 g/mol. The molecule has 0 spiro atoms. The van der Waals surface area contributed by atoms with Crippen molar-refractivity contribution < 1.29 is 23.5 Å². The molecule has 2 aromatic rings. The number of anilines is 1. The minimum absolute atomic E-state index is 0.214. The molecule has 0 heterocycles. The first-order chi connectivity index (χ1) is 12.0. The summed E-state index contributed by atoms with van der Waals surface area (Å²) in [7, 11) is 0. The van der Waals surface area contributed by atoms with Crippen LogP contribution in [0.4, 0.5) is 10.1 Å². The number of halogens is 1. The molecule has 2 aromatic carbocycles. The van der Waals surface area contributed by atoms with Gasteiger partial charge in [0.25, 0.3) is 0 Å². The van der Waals surface area contributed by atoms with Gasteiger partial charge in [-0.25, -0.2) is 9.18 Å². The van der Waals surface area contributed by atoms with E-state index >= 15 is 0 Å². The van der Waals surface area contributed by atoms with Gasteiger partial charge < -0.3 is 10.1 Å². The average Bonchev–Trinajstić information content (AvgIpc) is 2.58. The Morgan fingerprint density at radius 3 is 2.48 bits per heavy atom. The summed E-state index contributed by atoms with van der Waals surface area (Å²) in [5.74, 6) is -2.52. The van der Waals surface area contributed by atoms with Crippen molar-refractivity contribution >= 4 is 29.4 Å². The van der Waals surface area contributed by atoms with E-state index in [0.717, 1.165) is 11.6 Å². The SMILES string of the molecule is CC(=O)Nc1ccc(C(=O)COC(=O)/C=C/c2ccccc2)c(F)c1. The highest BCUT2D eigenvalue weighted by Gasteiger charge is 2.14. The van der Waals surface area contributed by atoms with Gasteiger partial charge in [-0.05, 0) is 29.8 Å². The van der Waals surface area contributed by atoms with Crippen LogP contribution in [0.2, 0.25) is 0 Å². The van der Waals surface area contributed by atoms with Gasteiger partial charge in [-0.2, -0.15) is 0 Å². The number of carbonyl (C=O) groups is 3.